The van der Waals surface area contributed by atoms with Crippen LogP contribution in [0.1, 0.15) is 19.4 Å². The van der Waals surface area contributed by atoms with Gasteiger partial charge in [0.25, 0.3) is 0 Å². The Morgan fingerprint density at radius 1 is 1.19 bits per heavy atom. The Kier molecular flexibility index (Phi) is 4.93. The van der Waals surface area contributed by atoms with E-state index in [9.17, 15) is 9.18 Å². The molecule has 0 aliphatic rings. The zero-order chi connectivity index (χ0) is 15.2. The number of benzene rings is 2. The summed E-state index contributed by atoms with van der Waals surface area (Å²) in [4.78, 5) is 12.0. The third-order valence-electron chi connectivity index (χ3n) is 2.77. The van der Waals surface area contributed by atoms with Crippen molar-refractivity contribution in [3.8, 4) is 5.75 Å². The Labute approximate surface area is 123 Å². The van der Waals surface area contributed by atoms with Gasteiger partial charge in [0, 0.05) is 11.8 Å². The van der Waals surface area contributed by atoms with Gasteiger partial charge < -0.3 is 10.1 Å². The standard InChI is InChI=1S/C17H18FNO2/c1-12(2)21-16-5-3-4-15(11-16)19-17(20)10-13-6-8-14(18)9-7-13/h3-9,11-12H,10H2,1-2H3,(H,19,20). The minimum absolute atomic E-state index is 0.0789. The van der Waals surface area contributed by atoms with Crippen molar-refractivity contribution in [2.24, 2.45) is 0 Å². The molecule has 110 valence electrons. The first-order chi connectivity index (χ1) is 10.0. The fraction of sp³-hybridized carbons (Fsp3) is 0.235. The number of carbonyl (C=O) groups is 1. The summed E-state index contributed by atoms with van der Waals surface area (Å²) in [5.74, 6) is 0.255. The van der Waals surface area contributed by atoms with Gasteiger partial charge in [-0.05, 0) is 43.7 Å². The number of carbonyl (C=O) groups excluding carboxylic acids is 1. The van der Waals surface area contributed by atoms with E-state index in [1.54, 1.807) is 24.3 Å². The minimum Gasteiger partial charge on any atom is -0.491 e. The molecule has 1 N–H and O–H groups in total. The highest BCUT2D eigenvalue weighted by atomic mass is 19.1. The van der Waals surface area contributed by atoms with E-state index in [0.29, 0.717) is 11.4 Å². The summed E-state index contributed by atoms with van der Waals surface area (Å²) in [5.41, 5.74) is 1.45. The van der Waals surface area contributed by atoms with Crippen molar-refractivity contribution in [3.63, 3.8) is 0 Å². The van der Waals surface area contributed by atoms with E-state index in [0.717, 1.165) is 5.56 Å². The molecule has 0 fully saturated rings. The van der Waals surface area contributed by atoms with Crippen molar-refractivity contribution in [2.75, 3.05) is 5.32 Å². The molecular weight excluding hydrogens is 269 g/mol. The molecule has 21 heavy (non-hydrogen) atoms. The topological polar surface area (TPSA) is 38.3 Å². The molecule has 0 bridgehead atoms. The van der Waals surface area contributed by atoms with E-state index >= 15 is 0 Å². The monoisotopic (exact) mass is 287 g/mol. The second-order valence-corrected chi connectivity index (χ2v) is 5.05. The van der Waals surface area contributed by atoms with Gasteiger partial charge in [-0.3, -0.25) is 4.79 Å². The van der Waals surface area contributed by atoms with Gasteiger partial charge in [0.2, 0.25) is 5.91 Å². The highest BCUT2D eigenvalue weighted by Gasteiger charge is 2.06. The molecule has 2 aromatic rings. The molecule has 0 saturated heterocycles. The lowest BCUT2D eigenvalue weighted by atomic mass is 10.1. The van der Waals surface area contributed by atoms with Gasteiger partial charge in [-0.25, -0.2) is 4.39 Å². The predicted octanol–water partition coefficient (Wildman–Crippen LogP) is 3.79. The maximum absolute atomic E-state index is 12.8. The van der Waals surface area contributed by atoms with Crippen LogP contribution in [0, 0.1) is 5.82 Å². The fourth-order valence-corrected chi connectivity index (χ4v) is 1.91. The average molecular weight is 287 g/mol. The van der Waals surface area contributed by atoms with Crippen LogP contribution in [0.25, 0.3) is 0 Å². The molecule has 1 amide bonds. The SMILES string of the molecule is CC(C)Oc1cccc(NC(=O)Cc2ccc(F)cc2)c1. The fourth-order valence-electron chi connectivity index (χ4n) is 1.91. The van der Waals surface area contributed by atoms with E-state index in [2.05, 4.69) is 5.32 Å². The third kappa shape index (κ3) is 4.91. The van der Waals surface area contributed by atoms with Gasteiger partial charge in [0.15, 0.2) is 0 Å². The molecule has 4 heteroatoms. The summed E-state index contributed by atoms with van der Waals surface area (Å²) in [6.45, 7) is 3.89. The van der Waals surface area contributed by atoms with Gasteiger partial charge in [0.1, 0.15) is 11.6 Å². The number of hydrogen-bond donors (Lipinski definition) is 1. The van der Waals surface area contributed by atoms with Crippen LogP contribution in [0.4, 0.5) is 10.1 Å². The number of ether oxygens (including phenoxy) is 1. The normalized spacial score (nSPS) is 10.5. The summed E-state index contributed by atoms with van der Waals surface area (Å²) >= 11 is 0. The smallest absolute Gasteiger partial charge is 0.228 e. The lowest BCUT2D eigenvalue weighted by Crippen LogP contribution is -2.14. The average Bonchev–Trinajstić information content (AvgIpc) is 2.41. The molecule has 0 aromatic heterocycles. The largest absolute Gasteiger partial charge is 0.491 e. The van der Waals surface area contributed by atoms with Crippen LogP contribution in [0.15, 0.2) is 48.5 Å². The highest BCUT2D eigenvalue weighted by Crippen LogP contribution is 2.18. The van der Waals surface area contributed by atoms with Gasteiger partial charge in [-0.15, -0.1) is 0 Å². The number of amides is 1. The molecular formula is C17H18FNO2. The maximum Gasteiger partial charge on any atom is 0.228 e. The van der Waals surface area contributed by atoms with Crippen LogP contribution in [-0.2, 0) is 11.2 Å². The van der Waals surface area contributed by atoms with E-state index in [-0.39, 0.29) is 24.2 Å². The zero-order valence-corrected chi connectivity index (χ0v) is 12.1. The number of hydrogen-bond acceptors (Lipinski definition) is 2. The Morgan fingerprint density at radius 3 is 2.57 bits per heavy atom. The summed E-state index contributed by atoms with van der Waals surface area (Å²) in [6, 6.07) is 13.2. The van der Waals surface area contributed by atoms with Crippen LogP contribution >= 0.6 is 0 Å². The number of rotatable bonds is 5. The summed E-state index contributed by atoms with van der Waals surface area (Å²) in [6.07, 6.45) is 0.283. The first-order valence-corrected chi connectivity index (χ1v) is 6.84. The molecule has 0 unspecified atom stereocenters. The van der Waals surface area contributed by atoms with Crippen LogP contribution in [-0.4, -0.2) is 12.0 Å². The van der Waals surface area contributed by atoms with Crippen molar-refractivity contribution >= 4 is 11.6 Å². The second kappa shape index (κ2) is 6.88. The summed E-state index contributed by atoms with van der Waals surface area (Å²) in [5, 5.41) is 2.81. The highest BCUT2D eigenvalue weighted by molar-refractivity contribution is 5.92. The molecule has 3 nitrogen and oxygen atoms in total. The Balaban J connectivity index is 1.97. The maximum atomic E-state index is 12.8. The molecule has 0 spiro atoms. The van der Waals surface area contributed by atoms with Crippen molar-refractivity contribution in [3.05, 3.63) is 59.9 Å². The van der Waals surface area contributed by atoms with Crippen LogP contribution in [0.3, 0.4) is 0 Å². The summed E-state index contributed by atoms with van der Waals surface area (Å²) < 4.78 is 18.4. The van der Waals surface area contributed by atoms with Crippen LogP contribution in [0.2, 0.25) is 0 Å². The minimum atomic E-state index is -0.308. The van der Waals surface area contributed by atoms with Gasteiger partial charge in [0.05, 0.1) is 12.5 Å². The lowest BCUT2D eigenvalue weighted by molar-refractivity contribution is -0.115. The molecule has 0 saturated carbocycles. The number of anilines is 1. The van der Waals surface area contributed by atoms with Gasteiger partial charge >= 0.3 is 0 Å². The van der Waals surface area contributed by atoms with E-state index < -0.39 is 0 Å². The number of halogens is 1. The van der Waals surface area contributed by atoms with Crippen molar-refractivity contribution in [1.29, 1.82) is 0 Å². The lowest BCUT2D eigenvalue weighted by Gasteiger charge is -2.11. The predicted molar refractivity (Wildman–Crippen MR) is 80.9 cm³/mol. The van der Waals surface area contributed by atoms with Crippen LogP contribution < -0.4 is 10.1 Å². The van der Waals surface area contributed by atoms with E-state index in [1.165, 1.54) is 12.1 Å². The Morgan fingerprint density at radius 2 is 1.90 bits per heavy atom. The van der Waals surface area contributed by atoms with E-state index in [1.807, 2.05) is 26.0 Å². The van der Waals surface area contributed by atoms with Gasteiger partial charge in [-0.2, -0.15) is 0 Å². The van der Waals surface area contributed by atoms with Gasteiger partial charge in [-0.1, -0.05) is 18.2 Å². The first-order valence-electron chi connectivity index (χ1n) is 6.84. The second-order valence-electron chi connectivity index (χ2n) is 5.05. The zero-order valence-electron chi connectivity index (χ0n) is 12.1. The quantitative estimate of drug-likeness (QED) is 0.908. The third-order valence-corrected chi connectivity index (χ3v) is 2.77. The summed E-state index contributed by atoms with van der Waals surface area (Å²) in [7, 11) is 0. The Bertz CT molecular complexity index is 608. The molecule has 0 aliphatic heterocycles. The Hall–Kier alpha value is -2.36. The number of nitrogens with one attached hydrogen (secondary N) is 1. The first kappa shape index (κ1) is 15.0. The molecule has 0 atom stereocenters. The molecule has 2 rings (SSSR count). The van der Waals surface area contributed by atoms with Crippen molar-refractivity contribution < 1.29 is 13.9 Å². The van der Waals surface area contributed by atoms with Crippen LogP contribution in [0.5, 0.6) is 5.75 Å². The molecule has 0 radical (unpaired) electrons. The van der Waals surface area contributed by atoms with Crippen molar-refractivity contribution in [2.45, 2.75) is 26.4 Å². The molecule has 2 aromatic carbocycles. The molecule has 0 aliphatic carbocycles. The molecule has 0 heterocycles. The van der Waals surface area contributed by atoms with Crippen molar-refractivity contribution in [1.82, 2.24) is 0 Å². The van der Waals surface area contributed by atoms with E-state index in [4.69, 9.17) is 4.74 Å².